The summed E-state index contributed by atoms with van der Waals surface area (Å²) in [6.45, 7) is 8.47. The fourth-order valence-electron chi connectivity index (χ4n) is 5.44. The van der Waals surface area contributed by atoms with Gasteiger partial charge in [0.05, 0.1) is 12.2 Å². The van der Waals surface area contributed by atoms with Crippen molar-refractivity contribution in [1.82, 2.24) is 9.88 Å². The van der Waals surface area contributed by atoms with Crippen LogP contribution in [0.4, 0.5) is 0 Å². The van der Waals surface area contributed by atoms with Gasteiger partial charge in [-0.3, -0.25) is 0 Å². The van der Waals surface area contributed by atoms with Gasteiger partial charge in [0.25, 0.3) is 0 Å². The zero-order valence-corrected chi connectivity index (χ0v) is 18.6. The number of aliphatic hydroxyl groups excluding tert-OH is 2. The molecule has 31 heavy (non-hydrogen) atoms. The lowest BCUT2D eigenvalue weighted by molar-refractivity contribution is -0.0587. The molecule has 2 aliphatic heterocycles. The standard InChI is InChI=1S/C26H32N2O3/c1-16-5-7-24-20(12-16)22(29)14-26(31-24)8-10-28(11-9-26)15-23(30)25-18(3)27-21-13-17(2)4-6-19(21)25/h4-7,12-13,22-23,27,29-30H,8-11,14-15H2,1-3H3. The number of aliphatic hydroxyl groups is 2. The Bertz CT molecular complexity index is 1110. The Hall–Kier alpha value is -2.34. The first-order chi connectivity index (χ1) is 14.8. The third kappa shape index (κ3) is 3.75. The maximum absolute atomic E-state index is 11.1. The molecule has 0 aliphatic carbocycles. The molecule has 5 rings (SSSR count). The van der Waals surface area contributed by atoms with Crippen LogP contribution >= 0.6 is 0 Å². The summed E-state index contributed by atoms with van der Waals surface area (Å²) in [6.07, 6.45) is 1.35. The maximum atomic E-state index is 11.1. The van der Waals surface area contributed by atoms with E-state index >= 15 is 0 Å². The molecule has 1 aromatic heterocycles. The number of rotatable bonds is 3. The van der Waals surface area contributed by atoms with Crippen molar-refractivity contribution in [3.8, 4) is 5.75 Å². The molecular formula is C26H32N2O3. The lowest BCUT2D eigenvalue weighted by atomic mass is 9.81. The Kier molecular flexibility index (Phi) is 5.08. The van der Waals surface area contributed by atoms with E-state index in [1.54, 1.807) is 0 Å². The number of ether oxygens (including phenoxy) is 1. The van der Waals surface area contributed by atoms with Gasteiger partial charge in [-0.05, 0) is 57.4 Å². The summed E-state index contributed by atoms with van der Waals surface area (Å²) < 4.78 is 6.45. The first-order valence-electron chi connectivity index (χ1n) is 11.3. The summed E-state index contributed by atoms with van der Waals surface area (Å²) >= 11 is 0. The highest BCUT2D eigenvalue weighted by Gasteiger charge is 2.43. The van der Waals surface area contributed by atoms with Crippen molar-refractivity contribution in [2.24, 2.45) is 0 Å². The Morgan fingerprint density at radius 3 is 2.58 bits per heavy atom. The molecule has 3 aromatic rings. The molecule has 0 amide bonds. The number of aromatic amines is 1. The van der Waals surface area contributed by atoms with Crippen molar-refractivity contribution in [2.75, 3.05) is 19.6 Å². The van der Waals surface area contributed by atoms with Crippen LogP contribution in [0.2, 0.25) is 0 Å². The van der Waals surface area contributed by atoms with Crippen LogP contribution in [0.5, 0.6) is 5.75 Å². The van der Waals surface area contributed by atoms with Crippen LogP contribution in [0, 0.1) is 20.8 Å². The first-order valence-corrected chi connectivity index (χ1v) is 11.3. The first kappa shape index (κ1) is 20.6. The normalized spacial score (nSPS) is 21.8. The minimum atomic E-state index is -0.535. The number of piperidine rings is 1. The van der Waals surface area contributed by atoms with Gasteiger partial charge in [0.15, 0.2) is 0 Å². The van der Waals surface area contributed by atoms with E-state index < -0.39 is 12.2 Å². The second-order valence-corrected chi connectivity index (χ2v) is 9.58. The van der Waals surface area contributed by atoms with Crippen LogP contribution in [-0.4, -0.2) is 45.3 Å². The molecule has 3 heterocycles. The lowest BCUT2D eigenvalue weighted by Gasteiger charge is -2.46. The van der Waals surface area contributed by atoms with Crippen LogP contribution in [0.15, 0.2) is 36.4 Å². The van der Waals surface area contributed by atoms with Crippen LogP contribution in [0.1, 0.15) is 59.4 Å². The number of hydrogen-bond donors (Lipinski definition) is 3. The van der Waals surface area contributed by atoms with E-state index in [9.17, 15) is 10.2 Å². The summed E-state index contributed by atoms with van der Waals surface area (Å²) in [5.74, 6) is 0.822. The monoisotopic (exact) mass is 420 g/mol. The van der Waals surface area contributed by atoms with Gasteiger partial charge in [-0.1, -0.05) is 23.8 Å². The number of β-amino-alcohol motifs (C(OH)–C–C–N with tert-alkyl or cyclic N) is 1. The molecule has 1 fully saturated rings. The molecule has 5 heteroatoms. The largest absolute Gasteiger partial charge is 0.487 e. The number of aryl methyl sites for hydroxylation is 3. The van der Waals surface area contributed by atoms with Crippen LogP contribution in [0.3, 0.4) is 0 Å². The Morgan fingerprint density at radius 2 is 1.81 bits per heavy atom. The third-order valence-corrected chi connectivity index (χ3v) is 7.14. The van der Waals surface area contributed by atoms with Crippen molar-refractivity contribution in [1.29, 1.82) is 0 Å². The highest BCUT2D eigenvalue weighted by Crippen LogP contribution is 2.44. The molecule has 0 radical (unpaired) electrons. The third-order valence-electron chi connectivity index (χ3n) is 7.14. The van der Waals surface area contributed by atoms with E-state index in [4.69, 9.17) is 4.74 Å². The lowest BCUT2D eigenvalue weighted by Crippen LogP contribution is -2.51. The molecule has 1 saturated heterocycles. The highest BCUT2D eigenvalue weighted by atomic mass is 16.5. The molecule has 1 spiro atoms. The summed E-state index contributed by atoms with van der Waals surface area (Å²) in [4.78, 5) is 5.75. The van der Waals surface area contributed by atoms with Crippen LogP contribution < -0.4 is 4.74 Å². The quantitative estimate of drug-likeness (QED) is 0.585. The maximum Gasteiger partial charge on any atom is 0.125 e. The minimum absolute atomic E-state index is 0.308. The van der Waals surface area contributed by atoms with Crippen molar-refractivity contribution in [2.45, 2.75) is 57.8 Å². The number of nitrogens with one attached hydrogen (secondary N) is 1. The SMILES string of the molecule is Cc1ccc2c(c1)C(O)CC1(CCN(CC(O)c3c(C)[nH]c4cc(C)ccc34)CC1)O2. The molecule has 164 valence electrons. The predicted octanol–water partition coefficient (Wildman–Crippen LogP) is 4.48. The molecular weight excluding hydrogens is 388 g/mol. The summed E-state index contributed by atoms with van der Waals surface area (Å²) in [6, 6.07) is 12.4. The number of aromatic nitrogens is 1. The van der Waals surface area contributed by atoms with Gasteiger partial charge in [-0.2, -0.15) is 0 Å². The summed E-state index contributed by atoms with van der Waals surface area (Å²) in [5, 5.41) is 22.9. The topological polar surface area (TPSA) is 68.7 Å². The molecule has 2 aromatic carbocycles. The van der Waals surface area contributed by atoms with Crippen molar-refractivity contribution < 1.29 is 14.9 Å². The molecule has 0 bridgehead atoms. The smallest absolute Gasteiger partial charge is 0.125 e. The molecule has 5 nitrogen and oxygen atoms in total. The van der Waals surface area contributed by atoms with E-state index in [-0.39, 0.29) is 5.60 Å². The van der Waals surface area contributed by atoms with Gasteiger partial charge < -0.3 is 24.8 Å². The average Bonchev–Trinajstić information content (AvgIpc) is 3.05. The van der Waals surface area contributed by atoms with E-state index in [2.05, 4.69) is 35.0 Å². The Morgan fingerprint density at radius 1 is 1.10 bits per heavy atom. The van der Waals surface area contributed by atoms with Gasteiger partial charge in [0.1, 0.15) is 11.4 Å². The van der Waals surface area contributed by atoms with Gasteiger partial charge in [-0.25, -0.2) is 0 Å². The summed E-state index contributed by atoms with van der Waals surface area (Å²) in [5.41, 5.74) is 6.08. The van der Waals surface area contributed by atoms with Gasteiger partial charge in [0, 0.05) is 53.8 Å². The molecule has 3 N–H and O–H groups in total. The Balaban J connectivity index is 1.27. The number of hydrogen-bond acceptors (Lipinski definition) is 4. The van der Waals surface area contributed by atoms with Gasteiger partial charge >= 0.3 is 0 Å². The van der Waals surface area contributed by atoms with Crippen LogP contribution in [-0.2, 0) is 0 Å². The zero-order chi connectivity index (χ0) is 21.8. The van der Waals surface area contributed by atoms with Crippen molar-refractivity contribution in [3.05, 3.63) is 64.3 Å². The van der Waals surface area contributed by atoms with Crippen molar-refractivity contribution in [3.63, 3.8) is 0 Å². The molecule has 2 unspecified atom stereocenters. The zero-order valence-electron chi connectivity index (χ0n) is 18.6. The number of likely N-dealkylation sites (tertiary alicyclic amines) is 1. The number of H-pyrrole nitrogens is 1. The van der Waals surface area contributed by atoms with Gasteiger partial charge in [0.2, 0.25) is 0 Å². The van der Waals surface area contributed by atoms with E-state index in [1.807, 2.05) is 32.0 Å². The fourth-order valence-corrected chi connectivity index (χ4v) is 5.44. The number of fused-ring (bicyclic) bond motifs is 2. The molecule has 2 atom stereocenters. The van der Waals surface area contributed by atoms with Crippen LogP contribution in [0.25, 0.3) is 10.9 Å². The average molecular weight is 421 g/mol. The Labute approximate surface area is 183 Å². The predicted molar refractivity (Wildman–Crippen MR) is 123 cm³/mol. The van der Waals surface area contributed by atoms with E-state index in [0.717, 1.165) is 65.0 Å². The van der Waals surface area contributed by atoms with Crippen molar-refractivity contribution >= 4 is 10.9 Å². The van der Waals surface area contributed by atoms with E-state index in [0.29, 0.717) is 13.0 Å². The fraction of sp³-hybridized carbons (Fsp3) is 0.462. The molecule has 0 saturated carbocycles. The minimum Gasteiger partial charge on any atom is -0.487 e. The summed E-state index contributed by atoms with van der Waals surface area (Å²) in [7, 11) is 0. The highest BCUT2D eigenvalue weighted by molar-refractivity contribution is 5.85. The second kappa shape index (κ2) is 7.66. The van der Waals surface area contributed by atoms with Gasteiger partial charge in [-0.15, -0.1) is 0 Å². The number of nitrogens with zero attached hydrogens (tertiary/aromatic N) is 1. The molecule has 2 aliphatic rings. The second-order valence-electron chi connectivity index (χ2n) is 9.58. The number of benzene rings is 2. The van der Waals surface area contributed by atoms with E-state index in [1.165, 1.54) is 5.56 Å².